The van der Waals surface area contributed by atoms with E-state index >= 15 is 0 Å². The number of amides is 2. The van der Waals surface area contributed by atoms with E-state index in [0.717, 1.165) is 23.7 Å². The molecule has 180 valence electrons. The number of rotatable bonds is 7. The number of halogens is 1. The average Bonchev–Trinajstić information content (AvgIpc) is 3.14. The first-order chi connectivity index (χ1) is 16.8. The van der Waals surface area contributed by atoms with Crippen molar-refractivity contribution in [3.63, 3.8) is 0 Å². The molecular formula is C25H22FN3O4S2. The fraction of sp³-hybridized carbons (Fsp3) is 0.160. The Kier molecular flexibility index (Phi) is 7.32. The summed E-state index contributed by atoms with van der Waals surface area (Å²) in [4.78, 5) is 27.1. The Morgan fingerprint density at radius 1 is 1.03 bits per heavy atom. The molecule has 1 aliphatic heterocycles. The van der Waals surface area contributed by atoms with Crippen LogP contribution in [0.5, 0.6) is 0 Å². The third-order valence-corrected chi connectivity index (χ3v) is 7.81. The van der Waals surface area contributed by atoms with Gasteiger partial charge in [-0.05, 0) is 60.5 Å². The lowest BCUT2D eigenvalue weighted by Crippen LogP contribution is -2.33. The number of carbonyl (C=O) groups excluding carboxylic acids is 2. The molecule has 1 aliphatic rings. The second kappa shape index (κ2) is 10.4. The average molecular weight is 512 g/mol. The van der Waals surface area contributed by atoms with Crippen LogP contribution in [0.1, 0.15) is 18.9 Å². The number of aryl methyl sites for hydroxylation is 1. The fourth-order valence-electron chi connectivity index (χ4n) is 3.44. The molecule has 3 aromatic carbocycles. The van der Waals surface area contributed by atoms with Crippen LogP contribution in [-0.4, -0.2) is 30.6 Å². The van der Waals surface area contributed by atoms with Gasteiger partial charge in [-0.2, -0.15) is 8.42 Å². The van der Waals surface area contributed by atoms with Gasteiger partial charge in [-0.3, -0.25) is 14.5 Å². The maximum Gasteiger partial charge on any atom is 0.284 e. The second-order valence-corrected chi connectivity index (χ2v) is 10.5. The third kappa shape index (κ3) is 5.77. The Labute approximate surface area is 207 Å². The first kappa shape index (κ1) is 24.6. The quantitative estimate of drug-likeness (QED) is 0.500. The Hall–Kier alpha value is -3.50. The third-order valence-electron chi connectivity index (χ3n) is 5.28. The van der Waals surface area contributed by atoms with Gasteiger partial charge in [0, 0.05) is 12.1 Å². The van der Waals surface area contributed by atoms with E-state index in [2.05, 4.69) is 9.71 Å². The number of carbonyl (C=O) groups is 2. The molecule has 4 rings (SSSR count). The van der Waals surface area contributed by atoms with Crippen LogP contribution in [0.4, 0.5) is 15.8 Å². The molecule has 1 fully saturated rings. The zero-order valence-corrected chi connectivity index (χ0v) is 20.4. The summed E-state index contributed by atoms with van der Waals surface area (Å²) in [6.45, 7) is 1.97. The predicted octanol–water partition coefficient (Wildman–Crippen LogP) is 4.61. The zero-order valence-electron chi connectivity index (χ0n) is 18.7. The maximum absolute atomic E-state index is 13.3. The first-order valence-corrected chi connectivity index (χ1v) is 13.1. The molecule has 0 radical (unpaired) electrons. The van der Waals surface area contributed by atoms with E-state index in [1.54, 1.807) is 42.5 Å². The van der Waals surface area contributed by atoms with E-state index in [-0.39, 0.29) is 16.5 Å². The lowest BCUT2D eigenvalue weighted by Gasteiger charge is -2.16. The van der Waals surface area contributed by atoms with Gasteiger partial charge in [0.1, 0.15) is 11.1 Å². The van der Waals surface area contributed by atoms with Gasteiger partial charge < -0.3 is 5.32 Å². The van der Waals surface area contributed by atoms with E-state index in [1.807, 2.05) is 6.92 Å². The van der Waals surface area contributed by atoms with Crippen LogP contribution in [0.15, 0.2) is 88.2 Å². The molecule has 7 nitrogen and oxygen atoms in total. The van der Waals surface area contributed by atoms with E-state index < -0.39 is 32.9 Å². The van der Waals surface area contributed by atoms with E-state index in [9.17, 15) is 22.4 Å². The topological polar surface area (TPSA) is 95.9 Å². The van der Waals surface area contributed by atoms with Crippen LogP contribution in [0, 0.1) is 5.82 Å². The number of amidine groups is 1. The summed E-state index contributed by atoms with van der Waals surface area (Å²) in [5.74, 6) is -1.35. The van der Waals surface area contributed by atoms with E-state index in [1.165, 1.54) is 41.3 Å². The number of thioether (sulfide) groups is 1. The van der Waals surface area contributed by atoms with Gasteiger partial charge in [0.05, 0.1) is 10.6 Å². The second-order valence-electron chi connectivity index (χ2n) is 7.72. The smallest absolute Gasteiger partial charge is 0.284 e. The molecule has 35 heavy (non-hydrogen) atoms. The van der Waals surface area contributed by atoms with Gasteiger partial charge in [0.25, 0.3) is 10.0 Å². The molecule has 0 spiro atoms. The highest BCUT2D eigenvalue weighted by molar-refractivity contribution is 8.16. The number of hydrogen-bond acceptors (Lipinski definition) is 5. The molecule has 0 aromatic heterocycles. The largest absolute Gasteiger partial charge is 0.326 e. The molecule has 1 atom stereocenters. The van der Waals surface area contributed by atoms with Gasteiger partial charge >= 0.3 is 0 Å². The highest BCUT2D eigenvalue weighted by atomic mass is 32.2. The molecule has 0 bridgehead atoms. The van der Waals surface area contributed by atoms with Crippen molar-refractivity contribution in [2.24, 2.45) is 4.40 Å². The zero-order chi connectivity index (χ0) is 25.0. The monoisotopic (exact) mass is 511 g/mol. The van der Waals surface area contributed by atoms with Gasteiger partial charge in [-0.15, -0.1) is 4.40 Å². The van der Waals surface area contributed by atoms with Crippen LogP contribution in [0.3, 0.4) is 0 Å². The van der Waals surface area contributed by atoms with Crippen LogP contribution >= 0.6 is 11.8 Å². The molecule has 2 amide bonds. The van der Waals surface area contributed by atoms with Crippen LogP contribution in [-0.2, 0) is 26.0 Å². The van der Waals surface area contributed by atoms with Crippen molar-refractivity contribution in [2.45, 2.75) is 29.9 Å². The van der Waals surface area contributed by atoms with Crippen molar-refractivity contribution in [3.05, 3.63) is 90.2 Å². The first-order valence-electron chi connectivity index (χ1n) is 10.8. The number of nitrogens with one attached hydrogen (secondary N) is 1. The van der Waals surface area contributed by atoms with Crippen molar-refractivity contribution in [1.82, 2.24) is 0 Å². The predicted molar refractivity (Wildman–Crippen MR) is 135 cm³/mol. The van der Waals surface area contributed by atoms with Crippen molar-refractivity contribution in [3.8, 4) is 0 Å². The van der Waals surface area contributed by atoms with Crippen molar-refractivity contribution in [2.75, 3.05) is 10.2 Å². The molecular weight excluding hydrogens is 489 g/mol. The summed E-state index contributed by atoms with van der Waals surface area (Å²) in [6.07, 6.45) is 0.553. The van der Waals surface area contributed by atoms with Crippen LogP contribution < -0.4 is 10.2 Å². The number of nitrogens with zero attached hydrogens (tertiary/aromatic N) is 2. The van der Waals surface area contributed by atoms with Gasteiger partial charge in [0.15, 0.2) is 5.17 Å². The standard InChI is InChI=1S/C25H22FN3O4S2/c1-2-17-8-14-21(15-9-17)35(32,33)28-25-29(20-6-4-3-5-7-20)24(31)22(34-25)16-23(30)27-19-12-10-18(26)11-13-19/h3-15,22H,2,16H2,1H3,(H,27,30)/t22-/m1/s1. The highest BCUT2D eigenvalue weighted by Crippen LogP contribution is 2.35. The summed E-state index contributed by atoms with van der Waals surface area (Å²) in [6, 6.07) is 20.2. The normalized spacial score (nSPS) is 17.1. The lowest BCUT2D eigenvalue weighted by molar-refractivity contribution is -0.121. The summed E-state index contributed by atoms with van der Waals surface area (Å²) in [5.41, 5.74) is 1.82. The minimum absolute atomic E-state index is 0.0146. The summed E-state index contributed by atoms with van der Waals surface area (Å²) in [5, 5.41) is 1.71. The molecule has 1 N–H and O–H groups in total. The summed E-state index contributed by atoms with van der Waals surface area (Å²) < 4.78 is 43.1. The van der Waals surface area contributed by atoms with Crippen molar-refractivity contribution >= 4 is 50.1 Å². The Bertz CT molecular complexity index is 1360. The molecule has 0 aliphatic carbocycles. The van der Waals surface area contributed by atoms with Gasteiger partial charge in [-0.25, -0.2) is 4.39 Å². The molecule has 0 saturated carbocycles. The fourth-order valence-corrected chi connectivity index (χ4v) is 5.78. The minimum atomic E-state index is -4.10. The maximum atomic E-state index is 13.3. The molecule has 0 unspecified atom stereocenters. The minimum Gasteiger partial charge on any atom is -0.326 e. The van der Waals surface area contributed by atoms with E-state index in [0.29, 0.717) is 11.4 Å². The van der Waals surface area contributed by atoms with Crippen molar-refractivity contribution < 1.29 is 22.4 Å². The number of hydrogen-bond donors (Lipinski definition) is 1. The number of sulfonamides is 1. The Balaban J connectivity index is 1.61. The Morgan fingerprint density at radius 3 is 2.31 bits per heavy atom. The molecule has 1 heterocycles. The molecule has 3 aromatic rings. The molecule has 1 saturated heterocycles. The van der Waals surface area contributed by atoms with Gasteiger partial charge in [0.2, 0.25) is 11.8 Å². The Morgan fingerprint density at radius 2 is 1.69 bits per heavy atom. The summed E-state index contributed by atoms with van der Waals surface area (Å²) >= 11 is 0.919. The summed E-state index contributed by atoms with van der Waals surface area (Å²) in [7, 11) is -4.10. The van der Waals surface area contributed by atoms with Crippen LogP contribution in [0.25, 0.3) is 0 Å². The van der Waals surface area contributed by atoms with Crippen molar-refractivity contribution in [1.29, 1.82) is 0 Å². The van der Waals surface area contributed by atoms with Gasteiger partial charge in [-0.1, -0.05) is 49.0 Å². The van der Waals surface area contributed by atoms with E-state index in [4.69, 9.17) is 0 Å². The number of anilines is 2. The lowest BCUT2D eigenvalue weighted by atomic mass is 10.2. The highest BCUT2D eigenvalue weighted by Gasteiger charge is 2.41. The number of benzene rings is 3. The SMILES string of the molecule is CCc1ccc(S(=O)(=O)N=C2S[C@H](CC(=O)Nc3ccc(F)cc3)C(=O)N2c2ccccc2)cc1. The number of para-hydroxylation sites is 1. The molecule has 10 heteroatoms. The van der Waals surface area contributed by atoms with Crippen LogP contribution in [0.2, 0.25) is 0 Å².